The van der Waals surface area contributed by atoms with Crippen LogP contribution in [0.1, 0.15) is 25.8 Å². The highest BCUT2D eigenvalue weighted by molar-refractivity contribution is 7.89. The number of piperazine rings is 1. The summed E-state index contributed by atoms with van der Waals surface area (Å²) >= 11 is 0. The third-order valence-corrected chi connectivity index (χ3v) is 6.39. The summed E-state index contributed by atoms with van der Waals surface area (Å²) in [5.74, 6) is -0.538. The van der Waals surface area contributed by atoms with E-state index in [-0.39, 0.29) is 23.4 Å². The Bertz CT molecular complexity index is 670. The van der Waals surface area contributed by atoms with Crippen LogP contribution in [-0.4, -0.2) is 55.5 Å². The molecular weight excluding hydrogens is 331 g/mol. The fourth-order valence-corrected chi connectivity index (χ4v) is 4.46. The fourth-order valence-electron chi connectivity index (χ4n) is 2.97. The Kier molecular flexibility index (Phi) is 6.34. The molecule has 1 unspecified atom stereocenters. The van der Waals surface area contributed by atoms with Crippen LogP contribution in [0.15, 0.2) is 24.3 Å². The zero-order valence-electron chi connectivity index (χ0n) is 14.2. The van der Waals surface area contributed by atoms with Gasteiger partial charge < -0.3 is 4.90 Å². The summed E-state index contributed by atoms with van der Waals surface area (Å²) in [6.07, 6.45) is 0.932. The molecule has 0 aliphatic carbocycles. The van der Waals surface area contributed by atoms with Crippen LogP contribution >= 0.6 is 0 Å². The highest BCUT2D eigenvalue weighted by Crippen LogP contribution is 2.17. The molecular formula is C17H25FN2O3S. The van der Waals surface area contributed by atoms with E-state index in [4.69, 9.17) is 0 Å². The first-order chi connectivity index (χ1) is 11.3. The third-order valence-electron chi connectivity index (χ3n) is 4.31. The predicted molar refractivity (Wildman–Crippen MR) is 91.5 cm³/mol. The van der Waals surface area contributed by atoms with Crippen molar-refractivity contribution in [1.29, 1.82) is 0 Å². The summed E-state index contributed by atoms with van der Waals surface area (Å²) in [5.41, 5.74) is 0.530. The molecule has 1 saturated heterocycles. The molecule has 1 fully saturated rings. The minimum atomic E-state index is -3.21. The van der Waals surface area contributed by atoms with Crippen molar-refractivity contribution >= 4 is 15.9 Å². The van der Waals surface area contributed by atoms with Gasteiger partial charge in [0.15, 0.2) is 0 Å². The molecule has 0 bridgehead atoms. The van der Waals surface area contributed by atoms with Crippen molar-refractivity contribution in [1.82, 2.24) is 9.21 Å². The van der Waals surface area contributed by atoms with Crippen LogP contribution in [0.2, 0.25) is 0 Å². The summed E-state index contributed by atoms with van der Waals surface area (Å²) < 4.78 is 39.3. The SMILES string of the molecule is CCCS(=O)(=O)N1CCN(C(=O)C(C)Cc2ccccc2F)CC1. The number of rotatable bonds is 6. The fraction of sp³-hybridized carbons (Fsp3) is 0.588. The summed E-state index contributed by atoms with van der Waals surface area (Å²) in [7, 11) is -3.21. The second-order valence-electron chi connectivity index (χ2n) is 6.24. The van der Waals surface area contributed by atoms with Crippen molar-refractivity contribution in [3.63, 3.8) is 0 Å². The van der Waals surface area contributed by atoms with Crippen molar-refractivity contribution in [3.05, 3.63) is 35.6 Å². The lowest BCUT2D eigenvalue weighted by Gasteiger charge is -2.35. The average molecular weight is 356 g/mol. The molecule has 1 aliphatic heterocycles. The Balaban J connectivity index is 1.92. The summed E-state index contributed by atoms with van der Waals surface area (Å²) in [6.45, 7) is 5.07. The van der Waals surface area contributed by atoms with Gasteiger partial charge in [0, 0.05) is 32.1 Å². The Labute approximate surface area is 143 Å². The number of carbonyl (C=O) groups excluding carboxylic acids is 1. The van der Waals surface area contributed by atoms with E-state index in [2.05, 4.69) is 0 Å². The maximum absolute atomic E-state index is 13.7. The van der Waals surface area contributed by atoms with Crippen molar-refractivity contribution < 1.29 is 17.6 Å². The van der Waals surface area contributed by atoms with E-state index in [9.17, 15) is 17.6 Å². The van der Waals surface area contributed by atoms with Crippen molar-refractivity contribution in [2.75, 3.05) is 31.9 Å². The van der Waals surface area contributed by atoms with Gasteiger partial charge in [0.25, 0.3) is 0 Å². The Hall–Kier alpha value is -1.47. The average Bonchev–Trinajstić information content (AvgIpc) is 2.56. The van der Waals surface area contributed by atoms with Crippen molar-refractivity contribution in [2.45, 2.75) is 26.7 Å². The second kappa shape index (κ2) is 8.07. The van der Waals surface area contributed by atoms with Crippen LogP contribution in [0.3, 0.4) is 0 Å². The molecule has 7 heteroatoms. The van der Waals surface area contributed by atoms with E-state index < -0.39 is 10.0 Å². The molecule has 24 heavy (non-hydrogen) atoms. The van der Waals surface area contributed by atoms with E-state index in [0.29, 0.717) is 44.6 Å². The first-order valence-corrected chi connectivity index (χ1v) is 9.96. The Morgan fingerprint density at radius 2 is 1.83 bits per heavy atom. The molecule has 0 spiro atoms. The molecule has 0 aromatic heterocycles. The van der Waals surface area contributed by atoms with Gasteiger partial charge in [-0.05, 0) is 24.5 Å². The minimum Gasteiger partial charge on any atom is -0.340 e. The quantitative estimate of drug-likeness (QED) is 0.782. The van der Waals surface area contributed by atoms with Crippen LogP contribution in [0, 0.1) is 11.7 Å². The molecule has 1 atom stereocenters. The van der Waals surface area contributed by atoms with Gasteiger partial charge in [0.2, 0.25) is 15.9 Å². The summed E-state index contributed by atoms with van der Waals surface area (Å²) in [5, 5.41) is 0. The largest absolute Gasteiger partial charge is 0.340 e. The molecule has 1 amide bonds. The van der Waals surface area contributed by atoms with Crippen LogP contribution in [-0.2, 0) is 21.2 Å². The normalized spacial score (nSPS) is 17.7. The number of amides is 1. The highest BCUT2D eigenvalue weighted by Gasteiger charge is 2.30. The zero-order chi connectivity index (χ0) is 17.7. The highest BCUT2D eigenvalue weighted by atomic mass is 32.2. The van der Waals surface area contributed by atoms with E-state index in [1.54, 1.807) is 30.0 Å². The summed E-state index contributed by atoms with van der Waals surface area (Å²) in [6, 6.07) is 6.46. The maximum atomic E-state index is 13.7. The number of nitrogens with zero attached hydrogens (tertiary/aromatic N) is 2. The lowest BCUT2D eigenvalue weighted by atomic mass is 9.99. The second-order valence-corrected chi connectivity index (χ2v) is 8.33. The Morgan fingerprint density at radius 1 is 1.21 bits per heavy atom. The molecule has 2 rings (SSSR count). The molecule has 0 N–H and O–H groups in total. The van der Waals surface area contributed by atoms with Gasteiger partial charge >= 0.3 is 0 Å². The predicted octanol–water partition coefficient (Wildman–Crippen LogP) is 1.89. The summed E-state index contributed by atoms with van der Waals surface area (Å²) in [4.78, 5) is 14.2. The van der Waals surface area contributed by atoms with Crippen LogP contribution in [0.5, 0.6) is 0 Å². The van der Waals surface area contributed by atoms with Gasteiger partial charge in [-0.25, -0.2) is 12.8 Å². The maximum Gasteiger partial charge on any atom is 0.225 e. The van der Waals surface area contributed by atoms with Gasteiger partial charge in [0.1, 0.15) is 5.82 Å². The molecule has 1 aromatic carbocycles. The number of hydrogen-bond acceptors (Lipinski definition) is 3. The topological polar surface area (TPSA) is 57.7 Å². The first kappa shape index (κ1) is 18.9. The van der Waals surface area contributed by atoms with Gasteiger partial charge in [-0.3, -0.25) is 4.79 Å². The lowest BCUT2D eigenvalue weighted by molar-refractivity contribution is -0.136. The van der Waals surface area contributed by atoms with Gasteiger partial charge in [0.05, 0.1) is 5.75 Å². The smallest absolute Gasteiger partial charge is 0.225 e. The van der Waals surface area contributed by atoms with Gasteiger partial charge in [-0.1, -0.05) is 32.0 Å². The van der Waals surface area contributed by atoms with Crippen LogP contribution in [0.4, 0.5) is 4.39 Å². The zero-order valence-corrected chi connectivity index (χ0v) is 15.1. The van der Waals surface area contributed by atoms with E-state index in [0.717, 1.165) is 0 Å². The van der Waals surface area contributed by atoms with E-state index in [1.165, 1.54) is 10.4 Å². The Morgan fingerprint density at radius 3 is 2.42 bits per heavy atom. The number of carbonyl (C=O) groups is 1. The molecule has 1 aromatic rings. The van der Waals surface area contributed by atoms with Crippen LogP contribution in [0.25, 0.3) is 0 Å². The molecule has 1 heterocycles. The van der Waals surface area contributed by atoms with Gasteiger partial charge in [-0.15, -0.1) is 0 Å². The molecule has 0 saturated carbocycles. The minimum absolute atomic E-state index is 0.0502. The first-order valence-electron chi connectivity index (χ1n) is 8.35. The third kappa shape index (κ3) is 4.54. The molecule has 134 valence electrons. The standard InChI is InChI=1S/C17H25FN2O3S/c1-3-12-24(22,23)20-10-8-19(9-11-20)17(21)14(2)13-15-6-4-5-7-16(15)18/h4-7,14H,3,8-13H2,1-2H3. The van der Waals surface area contributed by atoms with Crippen molar-refractivity contribution in [3.8, 4) is 0 Å². The van der Waals surface area contributed by atoms with E-state index in [1.807, 2.05) is 6.92 Å². The van der Waals surface area contributed by atoms with Gasteiger partial charge in [-0.2, -0.15) is 4.31 Å². The molecule has 5 nitrogen and oxygen atoms in total. The molecule has 0 radical (unpaired) electrons. The number of halogens is 1. The monoisotopic (exact) mass is 356 g/mol. The number of hydrogen-bond donors (Lipinski definition) is 0. The lowest BCUT2D eigenvalue weighted by Crippen LogP contribution is -2.52. The van der Waals surface area contributed by atoms with Crippen LogP contribution < -0.4 is 0 Å². The number of benzene rings is 1. The van der Waals surface area contributed by atoms with E-state index >= 15 is 0 Å². The van der Waals surface area contributed by atoms with Crippen molar-refractivity contribution in [2.24, 2.45) is 5.92 Å². The molecule has 1 aliphatic rings. The number of sulfonamides is 1.